The number of hydrogen-bond acceptors (Lipinski definition) is 3. The number of rotatable bonds is 4. The Morgan fingerprint density at radius 2 is 1.86 bits per heavy atom. The highest BCUT2D eigenvalue weighted by molar-refractivity contribution is 6.04. The van der Waals surface area contributed by atoms with E-state index >= 15 is 0 Å². The molecule has 0 aliphatic rings. The maximum Gasteiger partial charge on any atom is 0.255 e. The van der Waals surface area contributed by atoms with Crippen LogP contribution in [0.1, 0.15) is 21.5 Å². The van der Waals surface area contributed by atoms with Gasteiger partial charge in [-0.2, -0.15) is 5.26 Å². The quantitative estimate of drug-likeness (QED) is 0.932. The molecule has 0 fully saturated rings. The predicted molar refractivity (Wildman–Crippen MR) is 81.4 cm³/mol. The number of anilines is 1. The Kier molecular flexibility index (Phi) is 4.57. The fourth-order valence-electron chi connectivity index (χ4n) is 1.84. The summed E-state index contributed by atoms with van der Waals surface area (Å²) in [5, 5.41) is 11.3. The van der Waals surface area contributed by atoms with E-state index in [2.05, 4.69) is 5.32 Å². The first-order valence-corrected chi connectivity index (χ1v) is 6.58. The second-order valence-corrected chi connectivity index (χ2v) is 4.72. The molecule has 0 atom stereocenters. The van der Waals surface area contributed by atoms with Crippen molar-refractivity contribution in [1.29, 1.82) is 5.26 Å². The van der Waals surface area contributed by atoms with E-state index in [1.165, 1.54) is 0 Å². The van der Waals surface area contributed by atoms with Gasteiger partial charge in [-0.1, -0.05) is 6.07 Å². The van der Waals surface area contributed by atoms with Gasteiger partial charge in [-0.05, 0) is 61.4 Å². The van der Waals surface area contributed by atoms with Crippen molar-refractivity contribution in [2.75, 3.05) is 11.9 Å². The van der Waals surface area contributed by atoms with E-state index in [0.717, 1.165) is 11.1 Å². The summed E-state index contributed by atoms with van der Waals surface area (Å²) >= 11 is 0. The average molecular weight is 280 g/mol. The Morgan fingerprint density at radius 1 is 1.14 bits per heavy atom. The van der Waals surface area contributed by atoms with Crippen LogP contribution in [-0.2, 0) is 0 Å². The summed E-state index contributed by atoms with van der Waals surface area (Å²) < 4.78 is 5.15. The maximum absolute atomic E-state index is 12.1. The smallest absolute Gasteiger partial charge is 0.255 e. The third-order valence-corrected chi connectivity index (χ3v) is 3.18. The summed E-state index contributed by atoms with van der Waals surface area (Å²) in [6.45, 7) is 4.00. The molecule has 0 radical (unpaired) electrons. The number of benzene rings is 2. The lowest BCUT2D eigenvalue weighted by Crippen LogP contribution is -2.12. The van der Waals surface area contributed by atoms with Crippen LogP contribution in [0.2, 0.25) is 0 Å². The van der Waals surface area contributed by atoms with Gasteiger partial charge in [-0.15, -0.1) is 0 Å². The molecule has 0 unspecified atom stereocenters. The number of nitriles is 1. The summed E-state index contributed by atoms with van der Waals surface area (Å²) in [4.78, 5) is 12.1. The van der Waals surface area contributed by atoms with Crippen molar-refractivity contribution in [1.82, 2.24) is 0 Å². The third kappa shape index (κ3) is 3.83. The lowest BCUT2D eigenvalue weighted by atomic mass is 10.1. The molecule has 1 N–H and O–H groups in total. The van der Waals surface area contributed by atoms with E-state index in [4.69, 9.17) is 10.00 Å². The van der Waals surface area contributed by atoms with Gasteiger partial charge in [0.1, 0.15) is 11.8 Å². The topological polar surface area (TPSA) is 62.1 Å². The highest BCUT2D eigenvalue weighted by Crippen LogP contribution is 2.17. The molecule has 1 amide bonds. The van der Waals surface area contributed by atoms with Crippen LogP contribution in [0.5, 0.6) is 5.75 Å². The molecule has 106 valence electrons. The summed E-state index contributed by atoms with van der Waals surface area (Å²) in [7, 11) is 0. The molecule has 0 aliphatic carbocycles. The second-order valence-electron chi connectivity index (χ2n) is 4.72. The number of hydrogen-bond donors (Lipinski definition) is 1. The highest BCUT2D eigenvalue weighted by Gasteiger charge is 2.07. The number of carbonyl (C=O) groups excluding carboxylic acids is 1. The third-order valence-electron chi connectivity index (χ3n) is 3.18. The van der Waals surface area contributed by atoms with Gasteiger partial charge in [-0.25, -0.2) is 0 Å². The van der Waals surface area contributed by atoms with Crippen LogP contribution in [0.25, 0.3) is 0 Å². The number of amides is 1. The summed E-state index contributed by atoms with van der Waals surface area (Å²) in [6.07, 6.45) is 0. The van der Waals surface area contributed by atoms with E-state index in [9.17, 15) is 4.79 Å². The van der Waals surface area contributed by atoms with Crippen LogP contribution in [-0.4, -0.2) is 12.5 Å². The van der Waals surface area contributed by atoms with E-state index in [-0.39, 0.29) is 12.5 Å². The molecule has 2 aromatic rings. The lowest BCUT2D eigenvalue weighted by molar-refractivity contribution is 0.102. The Hall–Kier alpha value is -2.80. The van der Waals surface area contributed by atoms with Crippen LogP contribution in [0, 0.1) is 25.2 Å². The van der Waals surface area contributed by atoms with E-state index in [1.807, 2.05) is 38.1 Å². The van der Waals surface area contributed by atoms with Crippen molar-refractivity contribution in [2.24, 2.45) is 0 Å². The zero-order valence-corrected chi connectivity index (χ0v) is 12.0. The van der Waals surface area contributed by atoms with Gasteiger partial charge in [0.15, 0.2) is 6.61 Å². The highest BCUT2D eigenvalue weighted by atomic mass is 16.5. The number of carbonyl (C=O) groups is 1. The minimum atomic E-state index is -0.149. The standard InChI is InChI=1S/C17H16N2O2/c1-12-3-4-14(11-13(12)2)17(20)19-15-5-7-16(8-6-15)21-10-9-18/h3-8,11H,10H2,1-2H3,(H,19,20). The van der Waals surface area contributed by atoms with Crippen LogP contribution in [0.3, 0.4) is 0 Å². The molecule has 4 nitrogen and oxygen atoms in total. The zero-order valence-electron chi connectivity index (χ0n) is 12.0. The predicted octanol–water partition coefficient (Wildman–Crippen LogP) is 3.46. The Bertz CT molecular complexity index is 685. The van der Waals surface area contributed by atoms with Crippen LogP contribution in [0.15, 0.2) is 42.5 Å². The van der Waals surface area contributed by atoms with Crippen molar-refractivity contribution in [3.05, 3.63) is 59.2 Å². The maximum atomic E-state index is 12.1. The minimum Gasteiger partial charge on any atom is -0.479 e. The SMILES string of the molecule is Cc1ccc(C(=O)Nc2ccc(OCC#N)cc2)cc1C. The molecule has 2 rings (SSSR count). The summed E-state index contributed by atoms with van der Waals surface area (Å²) in [6, 6.07) is 14.4. The molecular formula is C17H16N2O2. The number of nitrogens with one attached hydrogen (secondary N) is 1. The van der Waals surface area contributed by atoms with Gasteiger partial charge in [0.2, 0.25) is 0 Å². The molecule has 21 heavy (non-hydrogen) atoms. The monoisotopic (exact) mass is 280 g/mol. The molecule has 0 bridgehead atoms. The van der Waals surface area contributed by atoms with Crippen LogP contribution < -0.4 is 10.1 Å². The Morgan fingerprint density at radius 3 is 2.48 bits per heavy atom. The van der Waals surface area contributed by atoms with Gasteiger partial charge in [0.05, 0.1) is 0 Å². The van der Waals surface area contributed by atoms with Crippen LogP contribution >= 0.6 is 0 Å². The Labute approximate surface area is 124 Å². The van der Waals surface area contributed by atoms with Gasteiger partial charge in [0, 0.05) is 11.3 Å². The summed E-state index contributed by atoms with van der Waals surface area (Å²) in [5.74, 6) is 0.449. The minimum absolute atomic E-state index is 0.00828. The first-order valence-electron chi connectivity index (χ1n) is 6.58. The molecule has 0 saturated heterocycles. The van der Waals surface area contributed by atoms with Gasteiger partial charge < -0.3 is 10.1 Å². The summed E-state index contributed by atoms with van der Waals surface area (Å²) in [5.41, 5.74) is 3.55. The average Bonchev–Trinajstić information content (AvgIpc) is 2.49. The number of ether oxygens (including phenoxy) is 1. The fraction of sp³-hybridized carbons (Fsp3) is 0.176. The van der Waals surface area contributed by atoms with Crippen molar-refractivity contribution >= 4 is 11.6 Å². The molecule has 4 heteroatoms. The number of nitrogens with zero attached hydrogens (tertiary/aromatic N) is 1. The van der Waals surface area contributed by atoms with Gasteiger partial charge in [-0.3, -0.25) is 4.79 Å². The van der Waals surface area contributed by atoms with Crippen molar-refractivity contribution in [2.45, 2.75) is 13.8 Å². The Balaban J connectivity index is 2.05. The van der Waals surface area contributed by atoms with Crippen molar-refractivity contribution in [3.63, 3.8) is 0 Å². The largest absolute Gasteiger partial charge is 0.479 e. The first-order chi connectivity index (χ1) is 10.1. The molecule has 0 saturated carbocycles. The molecule has 0 aromatic heterocycles. The van der Waals surface area contributed by atoms with E-state index < -0.39 is 0 Å². The molecule has 0 aliphatic heterocycles. The fourth-order valence-corrected chi connectivity index (χ4v) is 1.84. The normalized spacial score (nSPS) is 9.76. The molecular weight excluding hydrogens is 264 g/mol. The molecule has 0 heterocycles. The van der Waals surface area contributed by atoms with Gasteiger partial charge >= 0.3 is 0 Å². The van der Waals surface area contributed by atoms with Gasteiger partial charge in [0.25, 0.3) is 5.91 Å². The van der Waals surface area contributed by atoms with E-state index in [1.54, 1.807) is 24.3 Å². The first kappa shape index (κ1) is 14.6. The van der Waals surface area contributed by atoms with Crippen molar-refractivity contribution < 1.29 is 9.53 Å². The lowest BCUT2D eigenvalue weighted by Gasteiger charge is -2.08. The number of aryl methyl sites for hydroxylation is 2. The van der Waals surface area contributed by atoms with Crippen molar-refractivity contribution in [3.8, 4) is 11.8 Å². The second kappa shape index (κ2) is 6.58. The van der Waals surface area contributed by atoms with Crippen LogP contribution in [0.4, 0.5) is 5.69 Å². The zero-order chi connectivity index (χ0) is 15.2. The molecule has 2 aromatic carbocycles. The molecule has 0 spiro atoms. The van der Waals surface area contributed by atoms with E-state index in [0.29, 0.717) is 17.0 Å².